The summed E-state index contributed by atoms with van der Waals surface area (Å²) in [5.41, 5.74) is 1.56. The Bertz CT molecular complexity index is 291. The molecule has 11 heavy (non-hydrogen) atoms. The summed E-state index contributed by atoms with van der Waals surface area (Å²) in [6.45, 7) is 5.05. The van der Waals surface area contributed by atoms with Crippen LogP contribution in [-0.2, 0) is 0 Å². The Kier molecular flexibility index (Phi) is 2.16. The molecular formula is C9H9NO. The van der Waals surface area contributed by atoms with Crippen LogP contribution in [-0.4, -0.2) is 12.6 Å². The predicted octanol–water partition coefficient (Wildman–Crippen LogP) is 1.84. The van der Waals surface area contributed by atoms with Crippen molar-refractivity contribution in [2.24, 2.45) is 4.99 Å². The van der Waals surface area contributed by atoms with Gasteiger partial charge in [-0.05, 0) is 25.3 Å². The Hall–Kier alpha value is -1.44. The first-order valence-corrected chi connectivity index (χ1v) is 3.32. The van der Waals surface area contributed by atoms with Crippen LogP contribution in [0.3, 0.4) is 0 Å². The summed E-state index contributed by atoms with van der Waals surface area (Å²) in [4.78, 5) is 14.3. The van der Waals surface area contributed by atoms with Crippen molar-refractivity contribution in [3.63, 3.8) is 0 Å². The highest BCUT2D eigenvalue weighted by Crippen LogP contribution is 2.07. The highest BCUT2D eigenvalue weighted by molar-refractivity contribution is 5.98. The Morgan fingerprint density at radius 3 is 2.64 bits per heavy atom. The van der Waals surface area contributed by atoms with Crippen molar-refractivity contribution in [3.8, 4) is 0 Å². The van der Waals surface area contributed by atoms with Crippen LogP contribution in [0.2, 0.25) is 0 Å². The van der Waals surface area contributed by atoms with Gasteiger partial charge in [0.15, 0.2) is 0 Å². The zero-order valence-electron chi connectivity index (χ0n) is 6.37. The van der Waals surface area contributed by atoms with Crippen LogP contribution in [0.25, 0.3) is 0 Å². The molecule has 2 heteroatoms. The lowest BCUT2D eigenvalue weighted by Gasteiger charge is -1.97. The topological polar surface area (TPSA) is 29.4 Å². The van der Waals surface area contributed by atoms with Gasteiger partial charge in [0.2, 0.25) is 0 Å². The maximum absolute atomic E-state index is 11.0. The summed E-state index contributed by atoms with van der Waals surface area (Å²) in [6, 6.07) is 7.31. The summed E-state index contributed by atoms with van der Waals surface area (Å²) in [6.07, 6.45) is 0. The molecule has 0 saturated heterocycles. The summed E-state index contributed by atoms with van der Waals surface area (Å²) in [5.74, 6) is -0.261. The quantitative estimate of drug-likeness (QED) is 0.557. The second kappa shape index (κ2) is 3.10. The number of aliphatic imine (C=N–C) groups is 1. The molecule has 56 valence electrons. The van der Waals surface area contributed by atoms with Gasteiger partial charge in [-0.25, -0.2) is 4.99 Å². The molecule has 2 nitrogen and oxygen atoms in total. The first-order valence-electron chi connectivity index (χ1n) is 3.32. The minimum absolute atomic E-state index is 0.261. The molecule has 0 fully saturated rings. The van der Waals surface area contributed by atoms with Gasteiger partial charge in [-0.3, -0.25) is 4.79 Å². The van der Waals surface area contributed by atoms with E-state index in [2.05, 4.69) is 11.7 Å². The lowest BCUT2D eigenvalue weighted by Crippen LogP contribution is -1.96. The lowest BCUT2D eigenvalue weighted by molar-refractivity contribution is 0.100. The number of amides is 1. The number of carbonyl (C=O) groups is 1. The fourth-order valence-corrected chi connectivity index (χ4v) is 0.898. The fraction of sp³-hybridized carbons (Fsp3) is 0.111. The third kappa shape index (κ3) is 1.52. The second-order valence-electron chi connectivity index (χ2n) is 2.28. The molecule has 0 unspecified atom stereocenters. The van der Waals surface area contributed by atoms with Gasteiger partial charge in [0, 0.05) is 5.56 Å². The standard InChI is InChI=1S/C9H9NO/c1-7-5-3-4-6-8(7)9(11)10-2/h3-6H,2H2,1H3. The van der Waals surface area contributed by atoms with Gasteiger partial charge in [0.1, 0.15) is 0 Å². The van der Waals surface area contributed by atoms with E-state index in [1.165, 1.54) is 0 Å². The van der Waals surface area contributed by atoms with E-state index in [-0.39, 0.29) is 5.91 Å². The largest absolute Gasteiger partial charge is 0.276 e. The maximum atomic E-state index is 11.0. The number of carbonyl (C=O) groups excluding carboxylic acids is 1. The molecular weight excluding hydrogens is 138 g/mol. The van der Waals surface area contributed by atoms with Gasteiger partial charge in [0.05, 0.1) is 0 Å². The maximum Gasteiger partial charge on any atom is 0.276 e. The summed E-state index contributed by atoms with van der Waals surface area (Å²) < 4.78 is 0. The van der Waals surface area contributed by atoms with Crippen molar-refractivity contribution in [2.75, 3.05) is 0 Å². The van der Waals surface area contributed by atoms with E-state index in [4.69, 9.17) is 0 Å². The molecule has 1 rings (SSSR count). The lowest BCUT2D eigenvalue weighted by atomic mass is 10.1. The Labute approximate surface area is 65.6 Å². The zero-order valence-corrected chi connectivity index (χ0v) is 6.37. The SMILES string of the molecule is C=NC(=O)c1ccccc1C. The van der Waals surface area contributed by atoms with Crippen molar-refractivity contribution in [1.29, 1.82) is 0 Å². The Balaban J connectivity index is 3.13. The van der Waals surface area contributed by atoms with E-state index in [9.17, 15) is 4.79 Å². The molecule has 1 aromatic carbocycles. The molecule has 0 atom stereocenters. The number of hydrogen-bond acceptors (Lipinski definition) is 1. The number of nitrogens with zero attached hydrogens (tertiary/aromatic N) is 1. The van der Waals surface area contributed by atoms with Crippen LogP contribution in [0.1, 0.15) is 15.9 Å². The van der Waals surface area contributed by atoms with Gasteiger partial charge < -0.3 is 0 Å². The normalized spacial score (nSPS) is 9.18. The van der Waals surface area contributed by atoms with Crippen LogP contribution >= 0.6 is 0 Å². The van der Waals surface area contributed by atoms with Crippen LogP contribution in [0.15, 0.2) is 29.3 Å². The Morgan fingerprint density at radius 1 is 1.45 bits per heavy atom. The third-order valence-electron chi connectivity index (χ3n) is 1.52. The van der Waals surface area contributed by atoms with E-state index in [0.29, 0.717) is 5.56 Å². The van der Waals surface area contributed by atoms with Crippen LogP contribution in [0.5, 0.6) is 0 Å². The van der Waals surface area contributed by atoms with Crippen molar-refractivity contribution in [2.45, 2.75) is 6.92 Å². The summed E-state index contributed by atoms with van der Waals surface area (Å²) in [5, 5.41) is 0. The first kappa shape index (κ1) is 7.66. The Morgan fingerprint density at radius 2 is 2.09 bits per heavy atom. The van der Waals surface area contributed by atoms with Crippen molar-refractivity contribution < 1.29 is 4.79 Å². The van der Waals surface area contributed by atoms with E-state index in [0.717, 1.165) is 5.56 Å². The van der Waals surface area contributed by atoms with Crippen molar-refractivity contribution >= 4 is 12.6 Å². The average Bonchev–Trinajstić information content (AvgIpc) is 2.04. The highest BCUT2D eigenvalue weighted by Gasteiger charge is 2.03. The molecule has 0 radical (unpaired) electrons. The number of aryl methyl sites for hydroxylation is 1. The monoisotopic (exact) mass is 147 g/mol. The average molecular weight is 147 g/mol. The van der Waals surface area contributed by atoms with Gasteiger partial charge in [0.25, 0.3) is 5.91 Å². The molecule has 0 saturated carbocycles. The van der Waals surface area contributed by atoms with Crippen LogP contribution in [0.4, 0.5) is 0 Å². The zero-order chi connectivity index (χ0) is 8.27. The third-order valence-corrected chi connectivity index (χ3v) is 1.52. The molecule has 0 aliphatic carbocycles. The molecule has 1 amide bonds. The molecule has 0 aliphatic rings. The molecule has 0 aromatic heterocycles. The number of rotatable bonds is 1. The highest BCUT2D eigenvalue weighted by atomic mass is 16.1. The van der Waals surface area contributed by atoms with E-state index in [1.807, 2.05) is 25.1 Å². The first-order chi connectivity index (χ1) is 5.25. The minimum Gasteiger partial charge on any atom is -0.267 e. The van der Waals surface area contributed by atoms with E-state index < -0.39 is 0 Å². The van der Waals surface area contributed by atoms with Crippen LogP contribution in [0, 0.1) is 6.92 Å². The van der Waals surface area contributed by atoms with E-state index >= 15 is 0 Å². The molecule has 0 bridgehead atoms. The van der Waals surface area contributed by atoms with E-state index in [1.54, 1.807) is 6.07 Å². The van der Waals surface area contributed by atoms with Gasteiger partial charge in [-0.15, -0.1) is 0 Å². The molecule has 0 heterocycles. The van der Waals surface area contributed by atoms with Crippen molar-refractivity contribution in [1.82, 2.24) is 0 Å². The van der Waals surface area contributed by atoms with Crippen LogP contribution < -0.4 is 0 Å². The smallest absolute Gasteiger partial charge is 0.267 e. The predicted molar refractivity (Wildman–Crippen MR) is 45.1 cm³/mol. The number of benzene rings is 1. The van der Waals surface area contributed by atoms with Crippen molar-refractivity contribution in [3.05, 3.63) is 35.4 Å². The second-order valence-corrected chi connectivity index (χ2v) is 2.28. The number of hydrogen-bond donors (Lipinski definition) is 0. The van der Waals surface area contributed by atoms with Gasteiger partial charge in [-0.1, -0.05) is 18.2 Å². The fourth-order valence-electron chi connectivity index (χ4n) is 0.898. The van der Waals surface area contributed by atoms with Gasteiger partial charge >= 0.3 is 0 Å². The summed E-state index contributed by atoms with van der Waals surface area (Å²) >= 11 is 0. The van der Waals surface area contributed by atoms with Gasteiger partial charge in [-0.2, -0.15) is 0 Å². The molecule has 0 aliphatic heterocycles. The molecule has 1 aromatic rings. The molecule has 0 N–H and O–H groups in total. The minimum atomic E-state index is -0.261. The molecule has 0 spiro atoms. The summed E-state index contributed by atoms with van der Waals surface area (Å²) in [7, 11) is 0.